The molecule has 3 amide bonds. The number of urea groups is 1. The zero-order valence-corrected chi connectivity index (χ0v) is 19.5. The van der Waals surface area contributed by atoms with Crippen molar-refractivity contribution in [2.75, 3.05) is 38.0 Å². The second-order valence-electron chi connectivity index (χ2n) is 7.54. The summed E-state index contributed by atoms with van der Waals surface area (Å²) in [7, 11) is 1.55. The molecule has 1 aliphatic rings. The molecule has 2 N–H and O–H groups in total. The van der Waals surface area contributed by atoms with Crippen LogP contribution in [0, 0.1) is 0 Å². The summed E-state index contributed by atoms with van der Waals surface area (Å²) in [5, 5.41) is 5.74. The number of nitrogens with zero attached hydrogens (tertiary/aromatic N) is 2. The van der Waals surface area contributed by atoms with E-state index in [9.17, 15) is 14.4 Å². The van der Waals surface area contributed by atoms with Crippen LogP contribution in [-0.2, 0) is 9.53 Å². The second kappa shape index (κ2) is 10.6. The fraction of sp³-hybridized carbons (Fsp3) is 0.304. The van der Waals surface area contributed by atoms with Gasteiger partial charge in [0.05, 0.1) is 29.3 Å². The van der Waals surface area contributed by atoms with Crippen LogP contribution in [0.25, 0.3) is 10.9 Å². The molecule has 0 unspecified atom stereocenters. The van der Waals surface area contributed by atoms with Gasteiger partial charge in [-0.1, -0.05) is 23.9 Å². The van der Waals surface area contributed by atoms with E-state index in [0.29, 0.717) is 53.1 Å². The minimum atomic E-state index is -0.682. The van der Waals surface area contributed by atoms with Gasteiger partial charge in [-0.15, -0.1) is 0 Å². The number of hydrogen-bond acceptors (Lipinski definition) is 8. The number of fused-ring (bicyclic) bond motifs is 2. The normalized spacial score (nSPS) is 13.4. The van der Waals surface area contributed by atoms with Gasteiger partial charge in [0.1, 0.15) is 13.2 Å². The SMILES string of the molecule is COC[C@H](C)n1c(SCC(=O)NC(=O)Nc2ccc3c(c2)OCCO3)nc2ccccc2c1=O. The smallest absolute Gasteiger partial charge is 0.325 e. The highest BCUT2D eigenvalue weighted by Crippen LogP contribution is 2.32. The minimum Gasteiger partial charge on any atom is -0.486 e. The number of aromatic nitrogens is 2. The largest absolute Gasteiger partial charge is 0.486 e. The fourth-order valence-corrected chi connectivity index (χ4v) is 4.41. The second-order valence-corrected chi connectivity index (χ2v) is 8.48. The van der Waals surface area contributed by atoms with Crippen molar-refractivity contribution in [1.82, 2.24) is 14.9 Å². The van der Waals surface area contributed by atoms with Gasteiger partial charge < -0.3 is 19.5 Å². The molecule has 11 heteroatoms. The van der Waals surface area contributed by atoms with Crippen LogP contribution in [0.3, 0.4) is 0 Å². The highest BCUT2D eigenvalue weighted by atomic mass is 32.2. The maximum atomic E-state index is 13.1. The molecule has 1 atom stereocenters. The summed E-state index contributed by atoms with van der Waals surface area (Å²) in [4.78, 5) is 42.3. The molecule has 0 saturated carbocycles. The highest BCUT2D eigenvalue weighted by Gasteiger charge is 2.19. The van der Waals surface area contributed by atoms with E-state index in [0.717, 1.165) is 11.8 Å². The number of nitrogens with one attached hydrogen (secondary N) is 2. The lowest BCUT2D eigenvalue weighted by molar-refractivity contribution is -0.117. The first kappa shape index (κ1) is 23.6. The number of anilines is 1. The molecular formula is C23H24N4O6S. The standard InChI is InChI=1S/C23H24N4O6S/c1-14(12-31-2)27-21(29)16-5-3-4-6-17(16)25-23(27)34-13-20(28)26-22(30)24-15-7-8-18-19(11-15)33-10-9-32-18/h3-8,11,14H,9-10,12-13H2,1-2H3,(H2,24,26,28,30)/t14-/m0/s1. The number of para-hydroxylation sites is 1. The van der Waals surface area contributed by atoms with Crippen LogP contribution in [0.5, 0.6) is 11.5 Å². The van der Waals surface area contributed by atoms with Crippen molar-refractivity contribution in [3.63, 3.8) is 0 Å². The topological polar surface area (TPSA) is 121 Å². The third kappa shape index (κ3) is 5.32. The van der Waals surface area contributed by atoms with Crippen molar-refractivity contribution in [2.24, 2.45) is 0 Å². The molecule has 0 spiro atoms. The molecule has 0 radical (unpaired) electrons. The molecule has 1 aromatic heterocycles. The van der Waals surface area contributed by atoms with Gasteiger partial charge in [0.15, 0.2) is 16.7 Å². The number of carbonyl (C=O) groups excluding carboxylic acids is 2. The van der Waals surface area contributed by atoms with Crippen molar-refractivity contribution in [2.45, 2.75) is 18.1 Å². The lowest BCUT2D eigenvalue weighted by Crippen LogP contribution is -2.36. The van der Waals surface area contributed by atoms with Crippen LogP contribution < -0.4 is 25.7 Å². The number of amides is 3. The number of thioether (sulfide) groups is 1. The van der Waals surface area contributed by atoms with Gasteiger partial charge in [0, 0.05) is 18.9 Å². The van der Waals surface area contributed by atoms with E-state index in [1.807, 2.05) is 6.92 Å². The predicted octanol–water partition coefficient (Wildman–Crippen LogP) is 2.82. The van der Waals surface area contributed by atoms with E-state index in [2.05, 4.69) is 15.6 Å². The Morgan fingerprint density at radius 2 is 1.94 bits per heavy atom. The Balaban J connectivity index is 1.43. The summed E-state index contributed by atoms with van der Waals surface area (Å²) in [5.74, 6) is 0.477. The zero-order valence-electron chi connectivity index (χ0n) is 18.7. The van der Waals surface area contributed by atoms with Crippen LogP contribution in [0.1, 0.15) is 13.0 Å². The molecule has 0 fully saturated rings. The van der Waals surface area contributed by atoms with E-state index in [1.165, 1.54) is 4.57 Å². The number of ether oxygens (including phenoxy) is 3. The monoisotopic (exact) mass is 484 g/mol. The minimum absolute atomic E-state index is 0.112. The Bertz CT molecular complexity index is 1280. The molecule has 2 aromatic carbocycles. The van der Waals surface area contributed by atoms with Crippen molar-refractivity contribution >= 4 is 40.3 Å². The maximum absolute atomic E-state index is 13.1. The van der Waals surface area contributed by atoms with Crippen LogP contribution in [0.4, 0.5) is 10.5 Å². The molecule has 10 nitrogen and oxygen atoms in total. The third-order valence-corrected chi connectivity index (χ3v) is 5.96. The number of benzene rings is 2. The summed E-state index contributed by atoms with van der Waals surface area (Å²) in [6.07, 6.45) is 0. The number of hydrogen-bond donors (Lipinski definition) is 2. The predicted molar refractivity (Wildman–Crippen MR) is 128 cm³/mol. The van der Waals surface area contributed by atoms with Crippen LogP contribution >= 0.6 is 11.8 Å². The first-order valence-corrected chi connectivity index (χ1v) is 11.6. The van der Waals surface area contributed by atoms with Gasteiger partial charge in [-0.2, -0.15) is 0 Å². The first-order valence-electron chi connectivity index (χ1n) is 10.6. The third-order valence-electron chi connectivity index (χ3n) is 5.01. The van der Waals surface area contributed by atoms with Crippen LogP contribution in [0.15, 0.2) is 52.4 Å². The van der Waals surface area contributed by atoms with Crippen molar-refractivity contribution in [3.8, 4) is 11.5 Å². The van der Waals surface area contributed by atoms with Gasteiger partial charge in [-0.05, 0) is 31.2 Å². The Kier molecular flexibility index (Phi) is 7.33. The van der Waals surface area contributed by atoms with Crippen molar-refractivity contribution < 1.29 is 23.8 Å². The number of methoxy groups -OCH3 is 1. The lowest BCUT2D eigenvalue weighted by Gasteiger charge is -2.19. The Morgan fingerprint density at radius 1 is 1.18 bits per heavy atom. The van der Waals surface area contributed by atoms with Gasteiger partial charge in [-0.25, -0.2) is 9.78 Å². The average Bonchev–Trinajstić information content (AvgIpc) is 2.82. The van der Waals surface area contributed by atoms with Gasteiger partial charge >= 0.3 is 6.03 Å². The van der Waals surface area contributed by atoms with Gasteiger partial charge in [0.25, 0.3) is 5.56 Å². The Labute approximate surface area is 199 Å². The Hall–Kier alpha value is -3.57. The molecule has 0 aliphatic carbocycles. The van der Waals surface area contributed by atoms with E-state index >= 15 is 0 Å². The van der Waals surface area contributed by atoms with Crippen molar-refractivity contribution in [1.29, 1.82) is 0 Å². The zero-order chi connectivity index (χ0) is 24.1. The summed E-state index contributed by atoms with van der Waals surface area (Å²) in [6, 6.07) is 11.0. The average molecular weight is 485 g/mol. The van der Waals surface area contributed by atoms with Crippen LogP contribution in [0.2, 0.25) is 0 Å². The van der Waals surface area contributed by atoms with Gasteiger partial charge in [-0.3, -0.25) is 19.5 Å². The summed E-state index contributed by atoms with van der Waals surface area (Å²) < 4.78 is 17.7. The number of rotatable bonds is 7. The molecule has 0 saturated heterocycles. The molecule has 2 heterocycles. The summed E-state index contributed by atoms with van der Waals surface area (Å²) >= 11 is 1.07. The molecule has 34 heavy (non-hydrogen) atoms. The van der Waals surface area contributed by atoms with E-state index in [1.54, 1.807) is 49.6 Å². The van der Waals surface area contributed by atoms with Gasteiger partial charge in [0.2, 0.25) is 5.91 Å². The van der Waals surface area contributed by atoms with E-state index in [4.69, 9.17) is 14.2 Å². The number of carbonyl (C=O) groups is 2. The van der Waals surface area contributed by atoms with Crippen LogP contribution in [-0.4, -0.2) is 54.2 Å². The van der Waals surface area contributed by atoms with E-state index < -0.39 is 11.9 Å². The Morgan fingerprint density at radius 3 is 2.74 bits per heavy atom. The number of imide groups is 1. The molecule has 4 rings (SSSR count). The van der Waals surface area contributed by atoms with E-state index in [-0.39, 0.29) is 17.4 Å². The fourth-order valence-electron chi connectivity index (χ4n) is 3.51. The molecular weight excluding hydrogens is 460 g/mol. The van der Waals surface area contributed by atoms with Crippen molar-refractivity contribution in [3.05, 3.63) is 52.8 Å². The molecule has 1 aliphatic heterocycles. The summed E-state index contributed by atoms with van der Waals surface area (Å²) in [5.41, 5.74) is 0.780. The highest BCUT2D eigenvalue weighted by molar-refractivity contribution is 7.99. The molecule has 0 bridgehead atoms. The maximum Gasteiger partial charge on any atom is 0.325 e. The first-order chi connectivity index (χ1) is 16.5. The summed E-state index contributed by atoms with van der Waals surface area (Å²) in [6.45, 7) is 3.04. The lowest BCUT2D eigenvalue weighted by atomic mass is 10.2. The molecule has 3 aromatic rings. The quantitative estimate of drug-likeness (QED) is 0.388. The molecule has 178 valence electrons.